The molecule has 1 aromatic rings. The maximum atomic E-state index is 11.9. The van der Waals surface area contributed by atoms with Crippen LogP contribution in [0.1, 0.15) is 6.92 Å². The number of carbonyl (C=O) groups is 1. The van der Waals surface area contributed by atoms with E-state index in [0.717, 1.165) is 0 Å². The number of amides is 1. The molecular weight excluding hydrogens is 271 g/mol. The lowest BCUT2D eigenvalue weighted by atomic mass is 10.3. The minimum absolute atomic E-state index is 0.300. The van der Waals surface area contributed by atoms with Crippen LogP contribution in [0.4, 0.5) is 18.9 Å². The molecule has 0 saturated heterocycles. The quantitative estimate of drug-likeness (QED) is 0.920. The first-order valence-electron chi connectivity index (χ1n) is 5.03. The number of ether oxygens (including phenoxy) is 1. The molecule has 1 aromatic carbocycles. The fourth-order valence-electron chi connectivity index (χ4n) is 1.09. The molecule has 1 rings (SSSR count). The molecule has 1 N–H and O–H groups in total. The van der Waals surface area contributed by atoms with Gasteiger partial charge >= 0.3 is 6.18 Å². The van der Waals surface area contributed by atoms with Gasteiger partial charge in [0.25, 0.3) is 5.91 Å². The van der Waals surface area contributed by atoms with E-state index < -0.39 is 24.8 Å². The molecule has 0 aliphatic carbocycles. The van der Waals surface area contributed by atoms with Gasteiger partial charge in [-0.1, -0.05) is 23.7 Å². The molecule has 0 saturated carbocycles. The molecule has 100 valence electrons. The van der Waals surface area contributed by atoms with Crippen molar-refractivity contribution in [1.29, 1.82) is 0 Å². The van der Waals surface area contributed by atoms with Crippen LogP contribution < -0.4 is 5.32 Å². The highest BCUT2D eigenvalue weighted by molar-refractivity contribution is 6.33. The van der Waals surface area contributed by atoms with Gasteiger partial charge in [0.05, 0.1) is 10.7 Å². The van der Waals surface area contributed by atoms with Gasteiger partial charge in [-0.25, -0.2) is 0 Å². The van der Waals surface area contributed by atoms with Gasteiger partial charge in [-0.05, 0) is 19.1 Å². The Kier molecular flexibility index (Phi) is 4.98. The molecule has 7 heteroatoms. The van der Waals surface area contributed by atoms with Crippen molar-refractivity contribution in [3.8, 4) is 0 Å². The Morgan fingerprint density at radius 3 is 2.61 bits per heavy atom. The van der Waals surface area contributed by atoms with Crippen LogP contribution in [0.2, 0.25) is 5.02 Å². The number of halogens is 4. The number of para-hydroxylation sites is 1. The summed E-state index contributed by atoms with van der Waals surface area (Å²) < 4.78 is 40.1. The first-order chi connectivity index (χ1) is 8.29. The minimum Gasteiger partial charge on any atom is -0.359 e. The topological polar surface area (TPSA) is 38.3 Å². The number of hydrogen-bond donors (Lipinski definition) is 1. The normalized spacial score (nSPS) is 13.2. The Morgan fingerprint density at radius 2 is 2.06 bits per heavy atom. The molecule has 0 spiro atoms. The smallest absolute Gasteiger partial charge is 0.359 e. The lowest BCUT2D eigenvalue weighted by molar-refractivity contribution is -0.184. The summed E-state index contributed by atoms with van der Waals surface area (Å²) in [6.45, 7) is -0.234. The molecule has 18 heavy (non-hydrogen) atoms. The van der Waals surface area contributed by atoms with Crippen LogP contribution >= 0.6 is 11.6 Å². The monoisotopic (exact) mass is 281 g/mol. The average Bonchev–Trinajstić information content (AvgIpc) is 2.28. The van der Waals surface area contributed by atoms with Crippen molar-refractivity contribution in [1.82, 2.24) is 0 Å². The standard InChI is InChI=1S/C11H11ClF3NO2/c1-7(18-6-11(13,14)15)10(17)16-9-5-3-2-4-8(9)12/h2-5,7H,6H2,1H3,(H,16,17). The molecule has 1 unspecified atom stereocenters. The van der Waals surface area contributed by atoms with E-state index in [2.05, 4.69) is 10.1 Å². The molecule has 0 radical (unpaired) electrons. The Labute approximate surface area is 107 Å². The fraction of sp³-hybridized carbons (Fsp3) is 0.364. The van der Waals surface area contributed by atoms with Gasteiger partial charge in [0.1, 0.15) is 12.7 Å². The number of hydrogen-bond acceptors (Lipinski definition) is 2. The number of anilines is 1. The maximum absolute atomic E-state index is 11.9. The van der Waals surface area contributed by atoms with Crippen molar-refractivity contribution in [2.45, 2.75) is 19.2 Å². The highest BCUT2D eigenvalue weighted by Crippen LogP contribution is 2.21. The van der Waals surface area contributed by atoms with E-state index in [-0.39, 0.29) is 0 Å². The van der Waals surface area contributed by atoms with Gasteiger partial charge in [-0.15, -0.1) is 0 Å². The Hall–Kier alpha value is -1.27. The highest BCUT2D eigenvalue weighted by atomic mass is 35.5. The van der Waals surface area contributed by atoms with Gasteiger partial charge in [0, 0.05) is 0 Å². The van der Waals surface area contributed by atoms with Crippen LogP contribution in [-0.2, 0) is 9.53 Å². The van der Waals surface area contributed by atoms with E-state index in [0.29, 0.717) is 10.7 Å². The van der Waals surface area contributed by atoms with Crippen molar-refractivity contribution < 1.29 is 22.7 Å². The largest absolute Gasteiger partial charge is 0.411 e. The zero-order valence-electron chi connectivity index (χ0n) is 9.42. The molecule has 0 aliphatic rings. The molecule has 0 bridgehead atoms. The van der Waals surface area contributed by atoms with Crippen molar-refractivity contribution in [3.63, 3.8) is 0 Å². The van der Waals surface area contributed by atoms with E-state index in [4.69, 9.17) is 11.6 Å². The summed E-state index contributed by atoms with van der Waals surface area (Å²) >= 11 is 5.79. The predicted molar refractivity (Wildman–Crippen MR) is 61.6 cm³/mol. The maximum Gasteiger partial charge on any atom is 0.411 e. The summed E-state index contributed by atoms with van der Waals surface area (Å²) in [6, 6.07) is 6.40. The molecule has 0 fully saturated rings. The second-order valence-corrected chi connectivity index (χ2v) is 3.94. The number of benzene rings is 1. The van der Waals surface area contributed by atoms with E-state index in [1.807, 2.05) is 0 Å². The molecule has 3 nitrogen and oxygen atoms in total. The van der Waals surface area contributed by atoms with Gasteiger partial charge in [-0.3, -0.25) is 4.79 Å². The third-order valence-corrected chi connectivity index (χ3v) is 2.33. The van der Waals surface area contributed by atoms with Gasteiger partial charge in [0.15, 0.2) is 0 Å². The van der Waals surface area contributed by atoms with E-state index in [9.17, 15) is 18.0 Å². The SMILES string of the molecule is CC(OCC(F)(F)F)C(=O)Nc1ccccc1Cl. The summed E-state index contributed by atoms with van der Waals surface area (Å²) in [7, 11) is 0. The number of carbonyl (C=O) groups excluding carboxylic acids is 1. The fourth-order valence-corrected chi connectivity index (χ4v) is 1.28. The summed E-state index contributed by atoms with van der Waals surface area (Å²) in [4.78, 5) is 11.5. The first-order valence-corrected chi connectivity index (χ1v) is 5.41. The summed E-state index contributed by atoms with van der Waals surface area (Å²) in [5.41, 5.74) is 0.326. The van der Waals surface area contributed by atoms with Crippen molar-refractivity contribution in [3.05, 3.63) is 29.3 Å². The lowest BCUT2D eigenvalue weighted by Crippen LogP contribution is -2.31. The summed E-state index contributed by atoms with van der Waals surface area (Å²) in [5, 5.41) is 2.68. The average molecular weight is 282 g/mol. The molecule has 0 aliphatic heterocycles. The molecular formula is C11H11ClF3NO2. The lowest BCUT2D eigenvalue weighted by Gasteiger charge is -2.15. The van der Waals surface area contributed by atoms with Gasteiger partial charge in [-0.2, -0.15) is 13.2 Å². The number of nitrogens with one attached hydrogen (secondary N) is 1. The second-order valence-electron chi connectivity index (χ2n) is 3.54. The van der Waals surface area contributed by atoms with Crippen LogP contribution in [0, 0.1) is 0 Å². The van der Waals surface area contributed by atoms with Crippen LogP contribution in [0.5, 0.6) is 0 Å². The van der Waals surface area contributed by atoms with Crippen LogP contribution in [0.15, 0.2) is 24.3 Å². The van der Waals surface area contributed by atoms with E-state index in [1.165, 1.54) is 13.0 Å². The zero-order chi connectivity index (χ0) is 13.8. The van der Waals surface area contributed by atoms with Crippen molar-refractivity contribution in [2.24, 2.45) is 0 Å². The molecule has 0 heterocycles. The van der Waals surface area contributed by atoms with Crippen LogP contribution in [0.3, 0.4) is 0 Å². The highest BCUT2D eigenvalue weighted by Gasteiger charge is 2.29. The Balaban J connectivity index is 2.53. The molecule has 0 aromatic heterocycles. The van der Waals surface area contributed by atoms with E-state index >= 15 is 0 Å². The van der Waals surface area contributed by atoms with Gasteiger partial charge < -0.3 is 10.1 Å². The van der Waals surface area contributed by atoms with E-state index in [1.54, 1.807) is 18.2 Å². The summed E-state index contributed by atoms with van der Waals surface area (Å²) in [5.74, 6) is -0.688. The predicted octanol–water partition coefficient (Wildman–Crippen LogP) is 3.25. The van der Waals surface area contributed by atoms with Crippen molar-refractivity contribution in [2.75, 3.05) is 11.9 Å². The van der Waals surface area contributed by atoms with Gasteiger partial charge in [0.2, 0.25) is 0 Å². The minimum atomic E-state index is -4.46. The third kappa shape index (κ3) is 4.93. The number of alkyl halides is 3. The van der Waals surface area contributed by atoms with Crippen molar-refractivity contribution >= 4 is 23.2 Å². The van der Waals surface area contributed by atoms with Crippen LogP contribution in [-0.4, -0.2) is 24.8 Å². The Morgan fingerprint density at radius 1 is 1.44 bits per heavy atom. The summed E-state index contributed by atoms with van der Waals surface area (Å²) in [6.07, 6.45) is -5.68. The molecule has 1 amide bonds. The first kappa shape index (κ1) is 14.8. The molecule has 1 atom stereocenters. The second kappa shape index (κ2) is 6.06. The zero-order valence-corrected chi connectivity index (χ0v) is 10.2. The number of rotatable bonds is 4. The van der Waals surface area contributed by atoms with Crippen LogP contribution in [0.25, 0.3) is 0 Å². The third-order valence-electron chi connectivity index (χ3n) is 2.00. The Bertz CT molecular complexity index is 423.